The normalized spacial score (nSPS) is 20.7. The van der Waals surface area contributed by atoms with E-state index in [0.717, 1.165) is 13.0 Å². The first-order valence-electron chi connectivity index (χ1n) is 4.99. The number of nitrogen functional groups attached to an aromatic ring is 1. The van der Waals surface area contributed by atoms with Crippen molar-refractivity contribution in [3.05, 3.63) is 29.6 Å². The van der Waals surface area contributed by atoms with Crippen LogP contribution in [0.15, 0.2) is 18.2 Å². The van der Waals surface area contributed by atoms with Crippen LogP contribution in [0.1, 0.15) is 12.0 Å². The fraction of sp³-hybridized carbons (Fsp3) is 0.455. The minimum Gasteiger partial charge on any atom is -0.398 e. The van der Waals surface area contributed by atoms with Gasteiger partial charge in [0.2, 0.25) is 0 Å². The molecular formula is C11H14FNO2. The number of ether oxygens (including phenoxy) is 2. The first-order valence-corrected chi connectivity index (χ1v) is 4.99. The molecule has 1 aromatic rings. The van der Waals surface area contributed by atoms with Gasteiger partial charge in [0.1, 0.15) is 5.82 Å². The van der Waals surface area contributed by atoms with Gasteiger partial charge in [0.25, 0.3) is 0 Å². The monoisotopic (exact) mass is 211 g/mol. The van der Waals surface area contributed by atoms with Gasteiger partial charge in [-0.2, -0.15) is 0 Å². The zero-order valence-corrected chi connectivity index (χ0v) is 8.41. The van der Waals surface area contributed by atoms with E-state index < -0.39 is 0 Å². The third-order valence-electron chi connectivity index (χ3n) is 2.51. The molecule has 0 aliphatic carbocycles. The smallest absolute Gasteiger partial charge is 0.130 e. The van der Waals surface area contributed by atoms with E-state index in [9.17, 15) is 4.39 Å². The summed E-state index contributed by atoms with van der Waals surface area (Å²) in [4.78, 5) is 0. The van der Waals surface area contributed by atoms with Gasteiger partial charge in [0, 0.05) is 17.9 Å². The first-order chi connectivity index (χ1) is 7.27. The van der Waals surface area contributed by atoms with Crippen LogP contribution >= 0.6 is 0 Å². The topological polar surface area (TPSA) is 44.5 Å². The first kappa shape index (κ1) is 10.4. The van der Waals surface area contributed by atoms with Crippen molar-refractivity contribution in [3.63, 3.8) is 0 Å². The van der Waals surface area contributed by atoms with Crippen LogP contribution in [0.4, 0.5) is 10.1 Å². The number of benzene rings is 1. The third kappa shape index (κ3) is 2.46. The molecule has 2 N–H and O–H groups in total. The Labute approximate surface area is 88.0 Å². The molecule has 0 radical (unpaired) electrons. The lowest BCUT2D eigenvalue weighted by Crippen LogP contribution is -2.13. The highest BCUT2D eigenvalue weighted by molar-refractivity contribution is 5.46. The lowest BCUT2D eigenvalue weighted by atomic mass is 10.2. The van der Waals surface area contributed by atoms with Crippen LogP contribution in [0.25, 0.3) is 0 Å². The van der Waals surface area contributed by atoms with E-state index in [0.29, 0.717) is 17.9 Å². The molecule has 2 rings (SSSR count). The molecule has 1 atom stereocenters. The third-order valence-corrected chi connectivity index (χ3v) is 2.51. The molecule has 0 aromatic heterocycles. The van der Waals surface area contributed by atoms with Gasteiger partial charge < -0.3 is 15.2 Å². The zero-order valence-electron chi connectivity index (χ0n) is 8.41. The quantitative estimate of drug-likeness (QED) is 0.774. The molecule has 0 amide bonds. The Bertz CT molecular complexity index is 317. The highest BCUT2D eigenvalue weighted by Gasteiger charge is 2.17. The van der Waals surface area contributed by atoms with Crippen molar-refractivity contribution in [1.82, 2.24) is 0 Å². The standard InChI is InChI=1S/C11H14FNO2/c12-10-2-1-3-11(13)9(10)7-15-8-4-5-14-6-8/h1-3,8H,4-7,13H2. The molecule has 1 aliphatic rings. The summed E-state index contributed by atoms with van der Waals surface area (Å²) < 4.78 is 24.0. The molecule has 82 valence electrons. The van der Waals surface area contributed by atoms with E-state index >= 15 is 0 Å². The predicted molar refractivity (Wildman–Crippen MR) is 54.8 cm³/mol. The highest BCUT2D eigenvalue weighted by atomic mass is 19.1. The second-order valence-corrected chi connectivity index (χ2v) is 3.60. The van der Waals surface area contributed by atoms with Crippen LogP contribution in [0, 0.1) is 5.82 Å². The molecule has 0 spiro atoms. The van der Waals surface area contributed by atoms with Gasteiger partial charge >= 0.3 is 0 Å². The summed E-state index contributed by atoms with van der Waals surface area (Å²) in [5.41, 5.74) is 6.53. The van der Waals surface area contributed by atoms with Gasteiger partial charge in [0.15, 0.2) is 0 Å². The molecule has 1 aromatic carbocycles. The average Bonchev–Trinajstić information content (AvgIpc) is 2.70. The molecular weight excluding hydrogens is 197 g/mol. The summed E-state index contributed by atoms with van der Waals surface area (Å²) in [6.07, 6.45) is 0.943. The molecule has 0 saturated carbocycles. The largest absolute Gasteiger partial charge is 0.398 e. The van der Waals surface area contributed by atoms with Gasteiger partial charge in [-0.05, 0) is 18.6 Å². The van der Waals surface area contributed by atoms with Crippen LogP contribution in [0.2, 0.25) is 0 Å². The number of nitrogens with two attached hydrogens (primary N) is 1. The lowest BCUT2D eigenvalue weighted by Gasteiger charge is -2.11. The molecule has 3 nitrogen and oxygen atoms in total. The molecule has 1 aliphatic heterocycles. The Morgan fingerprint density at radius 2 is 2.40 bits per heavy atom. The minimum atomic E-state index is -0.311. The molecule has 15 heavy (non-hydrogen) atoms. The average molecular weight is 211 g/mol. The van der Waals surface area contributed by atoms with Crippen molar-refractivity contribution in [2.45, 2.75) is 19.1 Å². The Morgan fingerprint density at radius 1 is 1.53 bits per heavy atom. The minimum absolute atomic E-state index is 0.0732. The van der Waals surface area contributed by atoms with Crippen molar-refractivity contribution >= 4 is 5.69 Å². The molecule has 1 fully saturated rings. The van der Waals surface area contributed by atoms with E-state index in [1.54, 1.807) is 12.1 Å². The molecule has 1 heterocycles. The van der Waals surface area contributed by atoms with Crippen LogP contribution < -0.4 is 5.73 Å². The summed E-state index contributed by atoms with van der Waals surface area (Å²) in [5.74, 6) is -0.311. The van der Waals surface area contributed by atoms with Gasteiger partial charge in [-0.1, -0.05) is 6.07 Å². The van der Waals surface area contributed by atoms with Gasteiger partial charge in [-0.3, -0.25) is 0 Å². The van der Waals surface area contributed by atoms with Crippen LogP contribution in [-0.2, 0) is 16.1 Å². The van der Waals surface area contributed by atoms with Gasteiger partial charge in [-0.25, -0.2) is 4.39 Å². The van der Waals surface area contributed by atoms with E-state index in [1.807, 2.05) is 0 Å². The summed E-state index contributed by atoms with van der Waals surface area (Å²) in [6, 6.07) is 4.65. The van der Waals surface area contributed by atoms with E-state index in [-0.39, 0.29) is 18.5 Å². The van der Waals surface area contributed by atoms with Crippen molar-refractivity contribution in [2.24, 2.45) is 0 Å². The second kappa shape index (κ2) is 4.59. The molecule has 4 heteroatoms. The lowest BCUT2D eigenvalue weighted by molar-refractivity contribution is 0.0307. The summed E-state index contributed by atoms with van der Waals surface area (Å²) >= 11 is 0. The number of hydrogen-bond acceptors (Lipinski definition) is 3. The summed E-state index contributed by atoms with van der Waals surface area (Å²) in [5, 5.41) is 0. The van der Waals surface area contributed by atoms with E-state index in [1.165, 1.54) is 6.07 Å². The Morgan fingerprint density at radius 3 is 3.07 bits per heavy atom. The van der Waals surface area contributed by atoms with Crippen LogP contribution in [-0.4, -0.2) is 19.3 Å². The number of anilines is 1. The summed E-state index contributed by atoms with van der Waals surface area (Å²) in [6.45, 7) is 1.53. The fourth-order valence-electron chi connectivity index (χ4n) is 1.57. The Balaban J connectivity index is 1.97. The number of rotatable bonds is 3. The maximum atomic E-state index is 13.3. The molecule has 1 unspecified atom stereocenters. The molecule has 0 bridgehead atoms. The molecule has 1 saturated heterocycles. The van der Waals surface area contributed by atoms with Crippen molar-refractivity contribution in [3.8, 4) is 0 Å². The number of halogens is 1. The second-order valence-electron chi connectivity index (χ2n) is 3.60. The van der Waals surface area contributed by atoms with Gasteiger partial charge in [-0.15, -0.1) is 0 Å². The Hall–Kier alpha value is -1.13. The van der Waals surface area contributed by atoms with E-state index in [2.05, 4.69) is 0 Å². The Kier molecular flexibility index (Phi) is 3.18. The van der Waals surface area contributed by atoms with Crippen molar-refractivity contribution < 1.29 is 13.9 Å². The van der Waals surface area contributed by atoms with Crippen molar-refractivity contribution in [2.75, 3.05) is 18.9 Å². The number of hydrogen-bond donors (Lipinski definition) is 1. The van der Waals surface area contributed by atoms with Gasteiger partial charge in [0.05, 0.1) is 19.3 Å². The van der Waals surface area contributed by atoms with E-state index in [4.69, 9.17) is 15.2 Å². The highest BCUT2D eigenvalue weighted by Crippen LogP contribution is 2.19. The van der Waals surface area contributed by atoms with Crippen LogP contribution in [0.3, 0.4) is 0 Å². The van der Waals surface area contributed by atoms with Crippen LogP contribution in [0.5, 0.6) is 0 Å². The fourth-order valence-corrected chi connectivity index (χ4v) is 1.57. The summed E-state index contributed by atoms with van der Waals surface area (Å²) in [7, 11) is 0. The maximum Gasteiger partial charge on any atom is 0.130 e. The SMILES string of the molecule is Nc1cccc(F)c1COC1CCOC1. The predicted octanol–water partition coefficient (Wildman–Crippen LogP) is 1.71. The zero-order chi connectivity index (χ0) is 10.7. The maximum absolute atomic E-state index is 13.3. The van der Waals surface area contributed by atoms with Crippen molar-refractivity contribution in [1.29, 1.82) is 0 Å².